The Kier molecular flexibility index (Phi) is 17.1. The van der Waals surface area contributed by atoms with Crippen LogP contribution in [0, 0.1) is 0 Å². The van der Waals surface area contributed by atoms with Crippen molar-refractivity contribution in [3.63, 3.8) is 0 Å². The van der Waals surface area contributed by atoms with Crippen LogP contribution in [-0.2, 0) is 28.6 Å². The number of ketones is 2. The predicted molar refractivity (Wildman–Crippen MR) is 103 cm³/mol. The monoisotopic (exact) mass is 388 g/mol. The summed E-state index contributed by atoms with van der Waals surface area (Å²) in [4.78, 5) is 34.0. The molecule has 0 saturated carbocycles. The first-order valence-electron chi connectivity index (χ1n) is 9.75. The average molecular weight is 389 g/mol. The van der Waals surface area contributed by atoms with E-state index in [4.69, 9.17) is 19.9 Å². The van der Waals surface area contributed by atoms with E-state index < -0.39 is 0 Å². The molecule has 0 aliphatic carbocycles. The van der Waals surface area contributed by atoms with Gasteiger partial charge in [-0.3, -0.25) is 14.4 Å². The Balaban J connectivity index is 3.34. The van der Waals surface area contributed by atoms with Gasteiger partial charge in [-0.15, -0.1) is 0 Å². The van der Waals surface area contributed by atoms with Crippen LogP contribution >= 0.6 is 0 Å². The predicted octanol–water partition coefficient (Wildman–Crippen LogP) is 0.998. The lowest BCUT2D eigenvalue weighted by atomic mass is 10.0. The molecule has 3 N–H and O–H groups in total. The molecular weight excluding hydrogens is 352 g/mol. The number of rotatable bonds is 19. The fourth-order valence-corrected chi connectivity index (χ4v) is 2.17. The van der Waals surface area contributed by atoms with Gasteiger partial charge in [0.15, 0.2) is 5.78 Å². The first-order chi connectivity index (χ1) is 13.0. The van der Waals surface area contributed by atoms with Crippen LogP contribution in [-0.4, -0.2) is 69.7 Å². The molecule has 0 rings (SSSR count). The summed E-state index contributed by atoms with van der Waals surface area (Å²) in [5.74, 6) is -0.0903. The topological polar surface area (TPSA) is 117 Å². The Morgan fingerprint density at radius 1 is 0.926 bits per heavy atom. The van der Waals surface area contributed by atoms with Crippen LogP contribution < -0.4 is 11.1 Å². The molecule has 1 atom stereocenters. The zero-order chi connectivity index (χ0) is 20.3. The van der Waals surface area contributed by atoms with Gasteiger partial charge in [-0.25, -0.2) is 0 Å². The van der Waals surface area contributed by atoms with E-state index in [1.807, 2.05) is 6.92 Å². The zero-order valence-electron chi connectivity index (χ0n) is 16.8. The number of hydrogen-bond donors (Lipinski definition) is 2. The molecule has 158 valence electrons. The lowest BCUT2D eigenvalue weighted by Crippen LogP contribution is -2.31. The summed E-state index contributed by atoms with van der Waals surface area (Å²) in [5, 5.41) is 2.69. The standard InChI is InChI=1S/C19H36N2O6/c1-3-10-26-15-19(24)21-9-11-25-12-13-27-14-17(23)7-5-4-6-8-18(20)16(2)22/h18H,3-15,20H2,1-2H3,(H,21,24)/t18-/m0/s1. The van der Waals surface area contributed by atoms with E-state index in [9.17, 15) is 14.4 Å². The Hall–Kier alpha value is -1.35. The normalized spacial score (nSPS) is 12.0. The van der Waals surface area contributed by atoms with Crippen LogP contribution in [0.2, 0.25) is 0 Å². The lowest BCUT2D eigenvalue weighted by Gasteiger charge is -2.08. The van der Waals surface area contributed by atoms with Gasteiger partial charge >= 0.3 is 0 Å². The van der Waals surface area contributed by atoms with Gasteiger partial charge in [0.05, 0.1) is 25.9 Å². The van der Waals surface area contributed by atoms with E-state index in [2.05, 4.69) is 5.32 Å². The van der Waals surface area contributed by atoms with Crippen molar-refractivity contribution < 1.29 is 28.6 Å². The molecule has 27 heavy (non-hydrogen) atoms. The van der Waals surface area contributed by atoms with E-state index in [-0.39, 0.29) is 36.7 Å². The summed E-state index contributed by atoms with van der Waals surface area (Å²) < 4.78 is 15.7. The molecule has 0 heterocycles. The van der Waals surface area contributed by atoms with Crippen molar-refractivity contribution in [1.82, 2.24) is 5.32 Å². The molecule has 0 aromatic rings. The molecule has 0 aromatic heterocycles. The molecule has 0 spiro atoms. The number of nitrogens with one attached hydrogen (secondary N) is 1. The second-order valence-electron chi connectivity index (χ2n) is 6.42. The molecule has 0 unspecified atom stereocenters. The van der Waals surface area contributed by atoms with Crippen LogP contribution in [0.3, 0.4) is 0 Å². The summed E-state index contributed by atoms with van der Waals surface area (Å²) >= 11 is 0. The van der Waals surface area contributed by atoms with Crippen LogP contribution in [0.5, 0.6) is 0 Å². The number of Topliss-reactive ketones (excluding diaryl/α,β-unsaturated/α-hetero) is 2. The first kappa shape index (κ1) is 25.6. The summed E-state index contributed by atoms with van der Waals surface area (Å²) in [6, 6.07) is -0.383. The van der Waals surface area contributed by atoms with E-state index in [1.54, 1.807) is 0 Å². The third kappa shape index (κ3) is 17.8. The van der Waals surface area contributed by atoms with Crippen LogP contribution in [0.15, 0.2) is 0 Å². The highest BCUT2D eigenvalue weighted by atomic mass is 16.5. The molecular formula is C19H36N2O6. The van der Waals surface area contributed by atoms with E-state index in [1.165, 1.54) is 6.92 Å². The quantitative estimate of drug-likeness (QED) is 0.317. The molecule has 8 nitrogen and oxygen atoms in total. The third-order valence-corrected chi connectivity index (χ3v) is 3.78. The Morgan fingerprint density at radius 3 is 2.33 bits per heavy atom. The number of hydrogen-bond acceptors (Lipinski definition) is 7. The molecule has 0 aliphatic rings. The minimum Gasteiger partial charge on any atom is -0.377 e. The third-order valence-electron chi connectivity index (χ3n) is 3.78. The number of unbranched alkanes of at least 4 members (excludes halogenated alkanes) is 2. The van der Waals surface area contributed by atoms with Crippen molar-refractivity contribution in [2.75, 3.05) is 46.2 Å². The summed E-state index contributed by atoms with van der Waals surface area (Å²) in [7, 11) is 0. The van der Waals surface area contributed by atoms with Crippen LogP contribution in [0.4, 0.5) is 0 Å². The summed E-state index contributed by atoms with van der Waals surface area (Å²) in [6.45, 7) is 5.73. The van der Waals surface area contributed by atoms with Crippen molar-refractivity contribution in [2.45, 2.75) is 58.4 Å². The summed E-state index contributed by atoms with van der Waals surface area (Å²) in [5.41, 5.74) is 5.65. The molecule has 0 aromatic carbocycles. The summed E-state index contributed by atoms with van der Waals surface area (Å²) in [6.07, 6.45) is 4.54. The fourth-order valence-electron chi connectivity index (χ4n) is 2.17. The van der Waals surface area contributed by atoms with Crippen molar-refractivity contribution in [2.24, 2.45) is 5.73 Å². The number of carbonyl (C=O) groups excluding carboxylic acids is 3. The average Bonchev–Trinajstić information content (AvgIpc) is 2.63. The Morgan fingerprint density at radius 2 is 1.63 bits per heavy atom. The Labute approximate surface area is 162 Å². The molecule has 0 aliphatic heterocycles. The maximum Gasteiger partial charge on any atom is 0.246 e. The van der Waals surface area contributed by atoms with Gasteiger partial charge in [-0.05, 0) is 26.2 Å². The highest BCUT2D eigenvalue weighted by Gasteiger charge is 2.07. The number of carbonyl (C=O) groups is 3. The molecule has 8 heteroatoms. The van der Waals surface area contributed by atoms with Gasteiger partial charge in [-0.1, -0.05) is 19.8 Å². The largest absolute Gasteiger partial charge is 0.377 e. The second-order valence-corrected chi connectivity index (χ2v) is 6.42. The van der Waals surface area contributed by atoms with Crippen LogP contribution in [0.25, 0.3) is 0 Å². The smallest absolute Gasteiger partial charge is 0.246 e. The van der Waals surface area contributed by atoms with Gasteiger partial charge in [0.2, 0.25) is 5.91 Å². The maximum atomic E-state index is 11.7. The molecule has 1 amide bonds. The van der Waals surface area contributed by atoms with E-state index in [0.717, 1.165) is 25.7 Å². The molecule has 0 fully saturated rings. The minimum atomic E-state index is -0.383. The fraction of sp³-hybridized carbons (Fsp3) is 0.842. The van der Waals surface area contributed by atoms with Crippen LogP contribution in [0.1, 0.15) is 52.4 Å². The first-order valence-corrected chi connectivity index (χ1v) is 9.75. The highest BCUT2D eigenvalue weighted by Crippen LogP contribution is 2.06. The van der Waals surface area contributed by atoms with Gasteiger partial charge in [0, 0.05) is 19.6 Å². The van der Waals surface area contributed by atoms with Gasteiger partial charge in [0.1, 0.15) is 19.0 Å². The second kappa shape index (κ2) is 18.0. The van der Waals surface area contributed by atoms with Crippen molar-refractivity contribution >= 4 is 17.5 Å². The zero-order valence-corrected chi connectivity index (χ0v) is 16.8. The number of amides is 1. The van der Waals surface area contributed by atoms with E-state index in [0.29, 0.717) is 45.8 Å². The highest BCUT2D eigenvalue weighted by molar-refractivity contribution is 5.81. The SMILES string of the molecule is CCCOCC(=O)NCCOCCOCC(=O)CCCCC[C@H](N)C(C)=O. The van der Waals surface area contributed by atoms with Crippen molar-refractivity contribution in [1.29, 1.82) is 0 Å². The number of ether oxygens (including phenoxy) is 3. The van der Waals surface area contributed by atoms with Crippen molar-refractivity contribution in [3.05, 3.63) is 0 Å². The van der Waals surface area contributed by atoms with Gasteiger partial charge < -0.3 is 25.3 Å². The van der Waals surface area contributed by atoms with E-state index >= 15 is 0 Å². The molecule has 0 bridgehead atoms. The molecule has 0 saturated heterocycles. The van der Waals surface area contributed by atoms with Crippen molar-refractivity contribution in [3.8, 4) is 0 Å². The maximum absolute atomic E-state index is 11.7. The minimum absolute atomic E-state index is 0.00469. The number of nitrogens with two attached hydrogens (primary N) is 1. The van der Waals surface area contributed by atoms with Gasteiger partial charge in [-0.2, -0.15) is 0 Å². The molecule has 0 radical (unpaired) electrons. The Bertz CT molecular complexity index is 417. The van der Waals surface area contributed by atoms with Gasteiger partial charge in [0.25, 0.3) is 0 Å². The lowest BCUT2D eigenvalue weighted by molar-refractivity contribution is -0.126.